The lowest BCUT2D eigenvalue weighted by Crippen LogP contribution is -2.24. The van der Waals surface area contributed by atoms with Crippen molar-refractivity contribution in [3.8, 4) is 0 Å². The van der Waals surface area contributed by atoms with Gasteiger partial charge in [-0.1, -0.05) is 36.4 Å². The highest BCUT2D eigenvalue weighted by Gasteiger charge is 2.51. The summed E-state index contributed by atoms with van der Waals surface area (Å²) in [5.74, 6) is 0. The molecule has 0 N–H and O–H groups in total. The Hall–Kier alpha value is -2.25. The van der Waals surface area contributed by atoms with Crippen LogP contribution in [0.25, 0.3) is 0 Å². The highest BCUT2D eigenvalue weighted by Crippen LogP contribution is 2.49. The van der Waals surface area contributed by atoms with E-state index >= 15 is 0 Å². The van der Waals surface area contributed by atoms with Crippen LogP contribution in [0.2, 0.25) is 0 Å². The standard InChI is InChI=1S/C20H14F3O2S2/c1-13-7-2-3-9-15(13)26-16-10-4-5-11-17(16)27(24,25)18-12-6-8-14(19(18)26)20(21,22)23/h2-12H,1H3/q+1. The average Bonchev–Trinajstić information content (AvgIpc) is 2.62. The van der Waals surface area contributed by atoms with Gasteiger partial charge in [0, 0.05) is 5.56 Å². The Morgan fingerprint density at radius 2 is 1.37 bits per heavy atom. The molecule has 1 aliphatic heterocycles. The van der Waals surface area contributed by atoms with Crippen molar-refractivity contribution in [2.45, 2.75) is 37.6 Å². The molecule has 7 heteroatoms. The minimum Gasteiger partial charge on any atom is -0.218 e. The van der Waals surface area contributed by atoms with E-state index < -0.39 is 32.5 Å². The smallest absolute Gasteiger partial charge is 0.218 e. The fourth-order valence-electron chi connectivity index (χ4n) is 3.24. The summed E-state index contributed by atoms with van der Waals surface area (Å²) in [6.45, 7) is 1.82. The molecule has 1 aliphatic rings. The van der Waals surface area contributed by atoms with Crippen LogP contribution in [0, 0.1) is 6.92 Å². The van der Waals surface area contributed by atoms with Crippen molar-refractivity contribution in [1.29, 1.82) is 0 Å². The lowest BCUT2D eigenvalue weighted by Gasteiger charge is -2.23. The number of sulfone groups is 1. The Balaban J connectivity index is 2.18. The van der Waals surface area contributed by atoms with Crippen molar-refractivity contribution in [3.05, 3.63) is 77.9 Å². The highest BCUT2D eigenvalue weighted by molar-refractivity contribution is 8.00. The van der Waals surface area contributed by atoms with Gasteiger partial charge in [-0.25, -0.2) is 8.42 Å². The fraction of sp³-hybridized carbons (Fsp3) is 0.100. The summed E-state index contributed by atoms with van der Waals surface area (Å²) in [5, 5.41) is 0. The van der Waals surface area contributed by atoms with Crippen molar-refractivity contribution in [2.75, 3.05) is 0 Å². The van der Waals surface area contributed by atoms with Gasteiger partial charge in [0.25, 0.3) is 0 Å². The van der Waals surface area contributed by atoms with Gasteiger partial charge in [0.1, 0.15) is 26.2 Å². The maximum atomic E-state index is 13.8. The molecule has 138 valence electrons. The average molecular weight is 407 g/mol. The molecule has 1 atom stereocenters. The molecule has 0 aromatic heterocycles. The van der Waals surface area contributed by atoms with E-state index in [1.165, 1.54) is 12.1 Å². The lowest BCUT2D eigenvalue weighted by atomic mass is 10.2. The zero-order valence-electron chi connectivity index (χ0n) is 14.1. The molecule has 0 amide bonds. The quantitative estimate of drug-likeness (QED) is 0.404. The molecule has 3 aromatic carbocycles. The third-order valence-corrected chi connectivity index (χ3v) is 9.10. The maximum Gasteiger partial charge on any atom is 0.421 e. The van der Waals surface area contributed by atoms with Crippen LogP contribution in [0.15, 0.2) is 91.2 Å². The van der Waals surface area contributed by atoms with Gasteiger partial charge in [0.05, 0.1) is 0 Å². The maximum absolute atomic E-state index is 13.8. The lowest BCUT2D eigenvalue weighted by molar-refractivity contribution is -0.140. The number of rotatable bonds is 1. The molecule has 0 bridgehead atoms. The summed E-state index contributed by atoms with van der Waals surface area (Å²) in [4.78, 5) is 0.734. The van der Waals surface area contributed by atoms with Crippen molar-refractivity contribution >= 4 is 20.7 Å². The van der Waals surface area contributed by atoms with E-state index in [1.807, 2.05) is 19.1 Å². The van der Waals surface area contributed by atoms with Gasteiger partial charge in [-0.3, -0.25) is 0 Å². The van der Waals surface area contributed by atoms with E-state index in [4.69, 9.17) is 0 Å². The first-order valence-corrected chi connectivity index (χ1v) is 10.8. The molecular formula is C20H14F3O2S2+. The van der Waals surface area contributed by atoms with Crippen LogP contribution in [0.4, 0.5) is 13.2 Å². The second-order valence-corrected chi connectivity index (χ2v) is 9.94. The van der Waals surface area contributed by atoms with Crippen LogP contribution in [0.1, 0.15) is 11.1 Å². The zero-order chi connectivity index (χ0) is 19.4. The van der Waals surface area contributed by atoms with Gasteiger partial charge in [-0.15, -0.1) is 0 Å². The Bertz CT molecular complexity index is 1150. The zero-order valence-corrected chi connectivity index (χ0v) is 15.8. The summed E-state index contributed by atoms with van der Waals surface area (Å²) >= 11 is 0. The highest BCUT2D eigenvalue weighted by atomic mass is 32.2. The monoisotopic (exact) mass is 407 g/mol. The first-order valence-electron chi connectivity index (χ1n) is 8.07. The summed E-state index contributed by atoms with van der Waals surface area (Å²) in [6.07, 6.45) is -4.65. The van der Waals surface area contributed by atoms with Crippen molar-refractivity contribution in [3.63, 3.8) is 0 Å². The second kappa shape index (κ2) is 6.14. The first kappa shape index (κ1) is 18.1. The van der Waals surface area contributed by atoms with Crippen LogP contribution in [0.5, 0.6) is 0 Å². The van der Waals surface area contributed by atoms with Gasteiger partial charge >= 0.3 is 6.18 Å². The second-order valence-electron chi connectivity index (χ2n) is 6.15. The molecule has 1 heterocycles. The predicted octanol–water partition coefficient (Wildman–Crippen LogP) is 5.26. The number of hydrogen-bond acceptors (Lipinski definition) is 2. The molecule has 1 unspecified atom stereocenters. The predicted molar refractivity (Wildman–Crippen MR) is 96.7 cm³/mol. The third-order valence-electron chi connectivity index (χ3n) is 4.45. The fourth-order valence-corrected chi connectivity index (χ4v) is 8.28. The van der Waals surface area contributed by atoms with E-state index in [0.29, 0.717) is 9.79 Å². The number of benzene rings is 3. The normalized spacial score (nSPS) is 17.9. The largest absolute Gasteiger partial charge is 0.421 e. The van der Waals surface area contributed by atoms with Gasteiger partial charge in [0.2, 0.25) is 9.84 Å². The summed E-state index contributed by atoms with van der Waals surface area (Å²) in [5.41, 5.74) is -0.0810. The van der Waals surface area contributed by atoms with E-state index in [-0.39, 0.29) is 14.7 Å². The number of halogens is 3. The number of fused-ring (bicyclic) bond motifs is 2. The SMILES string of the molecule is Cc1ccccc1[S+]1c2ccccc2S(=O)(=O)c2cccc(C(F)(F)F)c21. The molecule has 0 fully saturated rings. The van der Waals surface area contributed by atoms with Crippen molar-refractivity contribution < 1.29 is 21.6 Å². The Morgan fingerprint density at radius 3 is 2.04 bits per heavy atom. The van der Waals surface area contributed by atoms with Crippen LogP contribution >= 0.6 is 0 Å². The Labute approximate surface area is 157 Å². The number of aryl methyl sites for hydroxylation is 1. The van der Waals surface area contributed by atoms with Gasteiger partial charge in [-0.05, 0) is 37.3 Å². The molecule has 0 saturated carbocycles. The molecule has 0 aliphatic carbocycles. The first-order chi connectivity index (χ1) is 12.7. The third kappa shape index (κ3) is 2.76. The summed E-state index contributed by atoms with van der Waals surface area (Å²) < 4.78 is 67.6. The minimum absolute atomic E-state index is 0.0726. The van der Waals surface area contributed by atoms with Crippen LogP contribution in [-0.4, -0.2) is 8.42 Å². The van der Waals surface area contributed by atoms with E-state index in [0.717, 1.165) is 17.7 Å². The molecule has 2 nitrogen and oxygen atoms in total. The summed E-state index contributed by atoms with van der Waals surface area (Å²) in [7, 11) is -5.20. The Morgan fingerprint density at radius 1 is 0.778 bits per heavy atom. The van der Waals surface area contributed by atoms with Crippen LogP contribution in [0.3, 0.4) is 0 Å². The molecule has 0 spiro atoms. The van der Waals surface area contributed by atoms with Crippen molar-refractivity contribution in [2.24, 2.45) is 0 Å². The number of hydrogen-bond donors (Lipinski definition) is 0. The van der Waals surface area contributed by atoms with Gasteiger partial charge in [0.15, 0.2) is 14.7 Å². The topological polar surface area (TPSA) is 34.1 Å². The number of alkyl halides is 3. The van der Waals surface area contributed by atoms with E-state index in [2.05, 4.69) is 0 Å². The van der Waals surface area contributed by atoms with Crippen molar-refractivity contribution in [1.82, 2.24) is 0 Å². The molecular weight excluding hydrogens is 393 g/mol. The van der Waals surface area contributed by atoms with Crippen LogP contribution < -0.4 is 0 Å². The summed E-state index contributed by atoms with van der Waals surface area (Å²) in [6, 6.07) is 16.9. The molecule has 27 heavy (non-hydrogen) atoms. The molecule has 3 aromatic rings. The molecule has 0 radical (unpaired) electrons. The van der Waals surface area contributed by atoms with Crippen LogP contribution in [-0.2, 0) is 26.9 Å². The van der Waals surface area contributed by atoms with E-state index in [9.17, 15) is 21.6 Å². The molecule has 0 saturated heterocycles. The van der Waals surface area contributed by atoms with Gasteiger partial charge in [-0.2, -0.15) is 13.2 Å². The van der Waals surface area contributed by atoms with Gasteiger partial charge < -0.3 is 0 Å². The minimum atomic E-state index is -4.65. The Kier molecular flexibility index (Phi) is 4.12. The molecule has 4 rings (SSSR count). The van der Waals surface area contributed by atoms with E-state index in [1.54, 1.807) is 30.3 Å².